The van der Waals surface area contributed by atoms with Crippen LogP contribution in [-0.4, -0.2) is 20.5 Å². The van der Waals surface area contributed by atoms with Gasteiger partial charge in [-0.15, -0.1) is 0 Å². The van der Waals surface area contributed by atoms with Gasteiger partial charge in [0.05, 0.1) is 23.3 Å². The maximum Gasteiger partial charge on any atom is 0.0769 e. The number of nitrogens with zero attached hydrogens (tertiary/aromatic N) is 4. The van der Waals surface area contributed by atoms with Crippen LogP contribution in [0.4, 0.5) is 5.69 Å². The van der Waals surface area contributed by atoms with Crippen LogP contribution < -0.4 is 0 Å². The van der Waals surface area contributed by atoms with Gasteiger partial charge in [-0.1, -0.05) is 47.5 Å². The Morgan fingerprint density at radius 1 is 1.00 bits per heavy atom. The van der Waals surface area contributed by atoms with Gasteiger partial charge in [0, 0.05) is 44.8 Å². The van der Waals surface area contributed by atoms with Gasteiger partial charge in [0.1, 0.15) is 0 Å². The number of fused-ring (bicyclic) bond motifs is 3. The second-order valence-electron chi connectivity index (χ2n) is 7.77. The highest BCUT2D eigenvalue weighted by Gasteiger charge is 2.37. The van der Waals surface area contributed by atoms with Gasteiger partial charge >= 0.3 is 0 Å². The molecular formula is C23H19BrN4. The van der Waals surface area contributed by atoms with Crippen LogP contribution in [-0.2, 0) is 5.41 Å². The zero-order valence-corrected chi connectivity index (χ0v) is 17.5. The minimum Gasteiger partial charge on any atom is -0.264 e. The number of hydrogen-bond acceptors (Lipinski definition) is 3. The van der Waals surface area contributed by atoms with E-state index in [0.717, 1.165) is 37.9 Å². The van der Waals surface area contributed by atoms with Crippen LogP contribution in [0.5, 0.6) is 0 Å². The fourth-order valence-electron chi connectivity index (χ4n) is 3.89. The van der Waals surface area contributed by atoms with Gasteiger partial charge in [-0.05, 0) is 36.8 Å². The van der Waals surface area contributed by atoms with E-state index in [1.165, 1.54) is 11.1 Å². The largest absolute Gasteiger partial charge is 0.264 e. The third-order valence-corrected chi connectivity index (χ3v) is 6.16. The molecule has 0 N–H and O–H groups in total. The van der Waals surface area contributed by atoms with Gasteiger partial charge in [-0.25, -0.2) is 4.68 Å². The number of hydrogen-bond donors (Lipinski definition) is 0. The summed E-state index contributed by atoms with van der Waals surface area (Å²) in [6, 6.07) is 12.6. The molecule has 0 aliphatic carbocycles. The van der Waals surface area contributed by atoms with E-state index < -0.39 is 0 Å². The predicted octanol–water partition coefficient (Wildman–Crippen LogP) is 5.90. The summed E-state index contributed by atoms with van der Waals surface area (Å²) < 4.78 is 2.98. The van der Waals surface area contributed by atoms with Crippen molar-refractivity contribution in [3.8, 4) is 5.69 Å². The van der Waals surface area contributed by atoms with E-state index >= 15 is 0 Å². The van der Waals surface area contributed by atoms with Crippen molar-refractivity contribution in [3.63, 3.8) is 0 Å². The summed E-state index contributed by atoms with van der Waals surface area (Å²) >= 11 is 3.72. The van der Waals surface area contributed by atoms with Crippen molar-refractivity contribution >= 4 is 38.1 Å². The van der Waals surface area contributed by atoms with E-state index in [1.54, 1.807) is 0 Å². The Morgan fingerprint density at radius 3 is 2.57 bits per heavy atom. The number of aliphatic imine (C=N–C) groups is 1. The second kappa shape index (κ2) is 6.11. The fourth-order valence-corrected chi connectivity index (χ4v) is 4.47. The van der Waals surface area contributed by atoms with Crippen molar-refractivity contribution in [1.29, 1.82) is 0 Å². The van der Waals surface area contributed by atoms with E-state index in [0.29, 0.717) is 0 Å². The summed E-state index contributed by atoms with van der Waals surface area (Å²) in [6.45, 7) is 6.52. The van der Waals surface area contributed by atoms with Crippen molar-refractivity contribution in [2.75, 3.05) is 0 Å². The van der Waals surface area contributed by atoms with E-state index in [2.05, 4.69) is 83.3 Å². The lowest BCUT2D eigenvalue weighted by molar-refractivity contribution is 0.737. The van der Waals surface area contributed by atoms with Crippen LogP contribution in [0.15, 0.2) is 70.7 Å². The molecule has 138 valence electrons. The molecular weight excluding hydrogens is 412 g/mol. The number of benzene rings is 2. The second-order valence-corrected chi connectivity index (χ2v) is 8.62. The minimum atomic E-state index is -0.219. The van der Waals surface area contributed by atoms with Gasteiger partial charge in [-0.2, -0.15) is 5.10 Å². The highest BCUT2D eigenvalue weighted by atomic mass is 79.9. The van der Waals surface area contributed by atoms with Crippen LogP contribution in [0, 0.1) is 6.92 Å². The Hall–Kier alpha value is -2.79. The molecule has 28 heavy (non-hydrogen) atoms. The molecule has 5 heteroatoms. The zero-order valence-electron chi connectivity index (χ0n) is 15.9. The Balaban J connectivity index is 1.65. The molecule has 2 aromatic heterocycles. The molecule has 0 bridgehead atoms. The molecule has 4 aromatic rings. The molecule has 2 aromatic carbocycles. The lowest BCUT2D eigenvalue weighted by Gasteiger charge is -2.22. The highest BCUT2D eigenvalue weighted by molar-refractivity contribution is 9.10. The average molecular weight is 431 g/mol. The van der Waals surface area contributed by atoms with Crippen molar-refractivity contribution in [3.05, 3.63) is 82.3 Å². The first-order chi connectivity index (χ1) is 13.4. The summed E-state index contributed by atoms with van der Waals surface area (Å²) in [5.74, 6) is 0. The van der Waals surface area contributed by atoms with Crippen molar-refractivity contribution < 1.29 is 0 Å². The first-order valence-corrected chi connectivity index (χ1v) is 10.0. The monoisotopic (exact) mass is 430 g/mol. The van der Waals surface area contributed by atoms with Crippen LogP contribution in [0.3, 0.4) is 0 Å². The Bertz CT molecular complexity index is 1250. The minimum absolute atomic E-state index is 0.219. The first kappa shape index (κ1) is 17.3. The van der Waals surface area contributed by atoms with Crippen LogP contribution >= 0.6 is 15.9 Å². The Labute approximate surface area is 172 Å². The molecule has 0 saturated carbocycles. The Kier molecular flexibility index (Phi) is 3.78. The third kappa shape index (κ3) is 2.53. The van der Waals surface area contributed by atoms with Crippen molar-refractivity contribution in [2.24, 2.45) is 4.99 Å². The number of halogens is 1. The van der Waals surface area contributed by atoms with E-state index in [-0.39, 0.29) is 5.41 Å². The molecule has 4 nitrogen and oxygen atoms in total. The number of pyridine rings is 1. The summed E-state index contributed by atoms with van der Waals surface area (Å²) in [5, 5.41) is 6.78. The summed E-state index contributed by atoms with van der Waals surface area (Å²) in [7, 11) is 0. The molecule has 5 rings (SSSR count). The molecule has 1 aliphatic heterocycles. The maximum atomic E-state index is 5.07. The van der Waals surface area contributed by atoms with Gasteiger partial charge in [-0.3, -0.25) is 9.98 Å². The van der Waals surface area contributed by atoms with Gasteiger partial charge in [0.25, 0.3) is 0 Å². The van der Waals surface area contributed by atoms with Gasteiger partial charge in [0.2, 0.25) is 0 Å². The van der Waals surface area contributed by atoms with E-state index in [9.17, 15) is 0 Å². The lowest BCUT2D eigenvalue weighted by atomic mass is 9.79. The molecule has 0 atom stereocenters. The number of aryl methyl sites for hydroxylation is 1. The summed E-state index contributed by atoms with van der Waals surface area (Å²) in [4.78, 5) is 9.39. The first-order valence-electron chi connectivity index (χ1n) is 9.23. The van der Waals surface area contributed by atoms with Gasteiger partial charge in [0.15, 0.2) is 0 Å². The van der Waals surface area contributed by atoms with Crippen LogP contribution in [0.1, 0.15) is 30.5 Å². The molecule has 0 spiro atoms. The van der Waals surface area contributed by atoms with E-state index in [1.807, 2.05) is 29.3 Å². The molecule has 0 fully saturated rings. The quantitative estimate of drug-likeness (QED) is 0.397. The third-order valence-electron chi connectivity index (χ3n) is 5.50. The van der Waals surface area contributed by atoms with Crippen LogP contribution in [0.2, 0.25) is 0 Å². The predicted molar refractivity (Wildman–Crippen MR) is 117 cm³/mol. The van der Waals surface area contributed by atoms with E-state index in [4.69, 9.17) is 4.99 Å². The van der Waals surface area contributed by atoms with Crippen LogP contribution in [0.25, 0.3) is 16.5 Å². The highest BCUT2D eigenvalue weighted by Crippen LogP contribution is 2.47. The fraction of sp³-hybridized carbons (Fsp3) is 0.174. The standard InChI is InChI=1S/C23H19BrN4/c1-14-4-6-16(7-5-14)28-13-15(11-26-28)22-23(2,3)19-10-20(24)17-8-9-25-12-18(17)21(19)27-22/h4-13H,1-3H3. The molecule has 0 radical (unpaired) electrons. The zero-order chi connectivity index (χ0) is 19.5. The molecule has 1 aliphatic rings. The summed E-state index contributed by atoms with van der Waals surface area (Å²) in [5.41, 5.74) is 6.34. The van der Waals surface area contributed by atoms with Crippen molar-refractivity contribution in [2.45, 2.75) is 26.2 Å². The topological polar surface area (TPSA) is 43.1 Å². The lowest BCUT2D eigenvalue weighted by Crippen LogP contribution is -2.26. The SMILES string of the molecule is Cc1ccc(-n2cc(C3=Nc4c(cc(Br)c5ccncc45)C3(C)C)cn2)cc1. The average Bonchev–Trinajstić information content (AvgIpc) is 3.26. The molecule has 0 unspecified atom stereocenters. The molecule has 0 saturated heterocycles. The number of aromatic nitrogens is 3. The maximum absolute atomic E-state index is 5.07. The summed E-state index contributed by atoms with van der Waals surface area (Å²) in [6.07, 6.45) is 7.68. The van der Waals surface area contributed by atoms with Crippen molar-refractivity contribution in [1.82, 2.24) is 14.8 Å². The smallest absolute Gasteiger partial charge is 0.0769 e. The molecule has 0 amide bonds. The molecule has 3 heterocycles. The van der Waals surface area contributed by atoms with Gasteiger partial charge < -0.3 is 0 Å². The number of rotatable bonds is 2. The Morgan fingerprint density at radius 2 is 1.79 bits per heavy atom. The normalized spacial score (nSPS) is 14.9.